The first kappa shape index (κ1) is 18.2. The van der Waals surface area contributed by atoms with Crippen molar-refractivity contribution in [3.05, 3.63) is 0 Å². The standard InChI is InChI=1S/C19H35N3O2/c1-21-14-10-19(24,11-15-21)18(23)20-12-9-17-8-4-5-13-22(17)16-6-2-3-7-16/h16-17,24H,2-15H2,1H3,(H,20,23)/t17-/m0/s1. The Morgan fingerprint density at radius 2 is 1.75 bits per heavy atom. The normalized spacial score (nSPS) is 29.7. The molecule has 0 aromatic heterocycles. The highest BCUT2D eigenvalue weighted by molar-refractivity contribution is 5.85. The number of aliphatic hydroxyl groups is 1. The zero-order chi connectivity index (χ0) is 17.0. The second-order valence-electron chi connectivity index (χ2n) is 8.21. The number of nitrogens with one attached hydrogen (secondary N) is 1. The molecule has 1 amide bonds. The minimum atomic E-state index is -1.15. The molecule has 0 unspecified atom stereocenters. The Balaban J connectivity index is 1.45. The minimum absolute atomic E-state index is 0.154. The molecule has 0 spiro atoms. The van der Waals surface area contributed by atoms with Gasteiger partial charge in [-0.3, -0.25) is 9.69 Å². The molecular formula is C19H35N3O2. The Labute approximate surface area is 146 Å². The topological polar surface area (TPSA) is 55.8 Å². The van der Waals surface area contributed by atoms with E-state index in [0.717, 1.165) is 25.6 Å². The van der Waals surface area contributed by atoms with Crippen LogP contribution in [0.15, 0.2) is 0 Å². The molecule has 5 nitrogen and oxygen atoms in total. The fraction of sp³-hybridized carbons (Fsp3) is 0.947. The van der Waals surface area contributed by atoms with E-state index in [2.05, 4.69) is 15.1 Å². The van der Waals surface area contributed by atoms with Gasteiger partial charge >= 0.3 is 0 Å². The van der Waals surface area contributed by atoms with Crippen molar-refractivity contribution in [1.29, 1.82) is 0 Å². The van der Waals surface area contributed by atoms with Crippen LogP contribution in [0.25, 0.3) is 0 Å². The van der Waals surface area contributed by atoms with Gasteiger partial charge in [0.05, 0.1) is 0 Å². The Hall–Kier alpha value is -0.650. The molecule has 2 N–H and O–H groups in total. The number of carbonyl (C=O) groups is 1. The Morgan fingerprint density at radius 3 is 2.46 bits per heavy atom. The molecule has 1 aliphatic carbocycles. The van der Waals surface area contributed by atoms with Crippen LogP contribution in [0, 0.1) is 0 Å². The number of likely N-dealkylation sites (tertiary alicyclic amines) is 2. The lowest BCUT2D eigenvalue weighted by molar-refractivity contribution is -0.144. The lowest BCUT2D eigenvalue weighted by Gasteiger charge is -2.40. The maximum Gasteiger partial charge on any atom is 0.252 e. The Bertz CT molecular complexity index is 415. The van der Waals surface area contributed by atoms with Crippen LogP contribution in [0.2, 0.25) is 0 Å². The maximum atomic E-state index is 12.4. The predicted octanol–water partition coefficient (Wildman–Crippen LogP) is 1.75. The third-order valence-electron chi connectivity index (χ3n) is 6.47. The summed E-state index contributed by atoms with van der Waals surface area (Å²) < 4.78 is 0. The van der Waals surface area contributed by atoms with Gasteiger partial charge in [0.2, 0.25) is 0 Å². The van der Waals surface area contributed by atoms with E-state index >= 15 is 0 Å². The van der Waals surface area contributed by atoms with Crippen molar-refractivity contribution in [2.75, 3.05) is 33.2 Å². The second-order valence-corrected chi connectivity index (χ2v) is 8.21. The summed E-state index contributed by atoms with van der Waals surface area (Å²) in [6.07, 6.45) is 11.5. The molecule has 0 radical (unpaired) electrons. The number of hydrogen-bond acceptors (Lipinski definition) is 4. The first-order valence-corrected chi connectivity index (χ1v) is 10.0. The zero-order valence-corrected chi connectivity index (χ0v) is 15.3. The quantitative estimate of drug-likeness (QED) is 0.802. The molecule has 1 atom stereocenters. The molecule has 5 heteroatoms. The van der Waals surface area contributed by atoms with Gasteiger partial charge in [0.25, 0.3) is 5.91 Å². The molecule has 0 aromatic rings. The van der Waals surface area contributed by atoms with E-state index in [9.17, 15) is 9.90 Å². The second kappa shape index (κ2) is 8.15. The lowest BCUT2D eigenvalue weighted by atomic mass is 9.90. The van der Waals surface area contributed by atoms with Crippen molar-refractivity contribution < 1.29 is 9.90 Å². The van der Waals surface area contributed by atoms with Gasteiger partial charge < -0.3 is 15.3 Å². The largest absolute Gasteiger partial charge is 0.380 e. The van der Waals surface area contributed by atoms with Crippen LogP contribution in [0.3, 0.4) is 0 Å². The number of piperidine rings is 2. The molecular weight excluding hydrogens is 302 g/mol. The molecule has 24 heavy (non-hydrogen) atoms. The summed E-state index contributed by atoms with van der Waals surface area (Å²) in [5.74, 6) is -0.154. The zero-order valence-electron chi connectivity index (χ0n) is 15.3. The van der Waals surface area contributed by atoms with E-state index in [1.807, 2.05) is 7.05 Å². The van der Waals surface area contributed by atoms with Crippen LogP contribution in [-0.2, 0) is 4.79 Å². The molecule has 3 aliphatic rings. The molecule has 138 valence electrons. The molecule has 0 aromatic carbocycles. The highest BCUT2D eigenvalue weighted by Crippen LogP contribution is 2.30. The van der Waals surface area contributed by atoms with Crippen molar-refractivity contribution in [3.63, 3.8) is 0 Å². The summed E-state index contributed by atoms with van der Waals surface area (Å²) in [7, 11) is 2.04. The van der Waals surface area contributed by atoms with Gasteiger partial charge in [-0.05, 0) is 58.5 Å². The maximum absolute atomic E-state index is 12.4. The van der Waals surface area contributed by atoms with Crippen molar-refractivity contribution in [2.24, 2.45) is 0 Å². The van der Waals surface area contributed by atoms with Gasteiger partial charge in [-0.2, -0.15) is 0 Å². The van der Waals surface area contributed by atoms with Gasteiger partial charge in [0, 0.05) is 31.7 Å². The SMILES string of the molecule is CN1CCC(O)(C(=O)NCC[C@@H]2CCCCN2C2CCCC2)CC1. The fourth-order valence-corrected chi connectivity index (χ4v) is 4.78. The summed E-state index contributed by atoms with van der Waals surface area (Å²) in [6, 6.07) is 1.40. The van der Waals surface area contributed by atoms with Crippen molar-refractivity contribution in [1.82, 2.24) is 15.1 Å². The number of hydrogen-bond donors (Lipinski definition) is 2. The van der Waals surface area contributed by atoms with E-state index < -0.39 is 5.60 Å². The number of amides is 1. The van der Waals surface area contributed by atoms with Crippen LogP contribution >= 0.6 is 0 Å². The fourth-order valence-electron chi connectivity index (χ4n) is 4.78. The van der Waals surface area contributed by atoms with Crippen LogP contribution in [0.5, 0.6) is 0 Å². The number of carbonyl (C=O) groups excluding carboxylic acids is 1. The van der Waals surface area contributed by atoms with E-state index in [-0.39, 0.29) is 5.91 Å². The summed E-state index contributed by atoms with van der Waals surface area (Å²) >= 11 is 0. The van der Waals surface area contributed by atoms with E-state index in [4.69, 9.17) is 0 Å². The summed E-state index contributed by atoms with van der Waals surface area (Å²) in [5.41, 5.74) is -1.15. The van der Waals surface area contributed by atoms with Crippen LogP contribution in [0.1, 0.15) is 64.2 Å². The van der Waals surface area contributed by atoms with E-state index in [1.165, 1.54) is 51.5 Å². The van der Waals surface area contributed by atoms with E-state index in [1.54, 1.807) is 0 Å². The summed E-state index contributed by atoms with van der Waals surface area (Å²) in [4.78, 5) is 17.3. The summed E-state index contributed by atoms with van der Waals surface area (Å²) in [6.45, 7) is 3.52. The molecule has 1 saturated carbocycles. The molecule has 0 bridgehead atoms. The smallest absolute Gasteiger partial charge is 0.252 e. The van der Waals surface area contributed by atoms with Gasteiger partial charge in [-0.15, -0.1) is 0 Å². The highest BCUT2D eigenvalue weighted by Gasteiger charge is 2.38. The molecule has 3 fully saturated rings. The molecule has 2 heterocycles. The average molecular weight is 338 g/mol. The van der Waals surface area contributed by atoms with Crippen LogP contribution in [-0.4, -0.2) is 71.7 Å². The first-order valence-electron chi connectivity index (χ1n) is 10.0. The van der Waals surface area contributed by atoms with E-state index in [0.29, 0.717) is 25.4 Å². The minimum Gasteiger partial charge on any atom is -0.380 e. The molecule has 3 rings (SSSR count). The highest BCUT2D eigenvalue weighted by atomic mass is 16.3. The summed E-state index contributed by atoms with van der Waals surface area (Å²) in [5, 5.41) is 13.6. The van der Waals surface area contributed by atoms with Gasteiger partial charge in [-0.25, -0.2) is 0 Å². The van der Waals surface area contributed by atoms with Crippen LogP contribution < -0.4 is 5.32 Å². The monoisotopic (exact) mass is 337 g/mol. The predicted molar refractivity (Wildman–Crippen MR) is 95.9 cm³/mol. The van der Waals surface area contributed by atoms with Crippen molar-refractivity contribution >= 4 is 5.91 Å². The lowest BCUT2D eigenvalue weighted by Crippen LogP contribution is -2.54. The molecule has 2 saturated heterocycles. The van der Waals surface area contributed by atoms with Crippen LogP contribution in [0.4, 0.5) is 0 Å². The van der Waals surface area contributed by atoms with Crippen molar-refractivity contribution in [3.8, 4) is 0 Å². The average Bonchev–Trinajstić information content (AvgIpc) is 3.12. The third kappa shape index (κ3) is 4.30. The van der Waals surface area contributed by atoms with Gasteiger partial charge in [-0.1, -0.05) is 19.3 Å². The number of rotatable bonds is 5. The van der Waals surface area contributed by atoms with Gasteiger partial charge in [0.15, 0.2) is 0 Å². The third-order valence-corrected chi connectivity index (χ3v) is 6.47. The number of nitrogens with zero attached hydrogens (tertiary/aromatic N) is 2. The van der Waals surface area contributed by atoms with Gasteiger partial charge in [0.1, 0.15) is 5.60 Å². The van der Waals surface area contributed by atoms with Crippen molar-refractivity contribution in [2.45, 2.75) is 81.9 Å². The Morgan fingerprint density at radius 1 is 1.08 bits per heavy atom. The first-order chi connectivity index (χ1) is 11.6. The molecule has 2 aliphatic heterocycles. The Kier molecular flexibility index (Phi) is 6.17.